The summed E-state index contributed by atoms with van der Waals surface area (Å²) in [6, 6.07) is 0.262. The van der Waals surface area contributed by atoms with Gasteiger partial charge in [-0.05, 0) is 0 Å². The summed E-state index contributed by atoms with van der Waals surface area (Å²) in [7, 11) is -3.63. The standard InChI is InChI=1S/C11H18N6O2S/c1-8(2)13-3-9-4-15-17-11(9)20(18,19)16-6-10-5-12-7-14-10/h4-5,7-8,13,16H,3,6H2,1-2H3,(H,12,14)(H,15,17). The number of imidazole rings is 1. The third kappa shape index (κ3) is 3.65. The predicted octanol–water partition coefficient (Wildman–Crippen LogP) is 0.109. The number of nitrogens with one attached hydrogen (secondary N) is 4. The van der Waals surface area contributed by atoms with Gasteiger partial charge < -0.3 is 10.3 Å². The number of nitrogens with zero attached hydrogens (tertiary/aromatic N) is 2. The summed E-state index contributed by atoms with van der Waals surface area (Å²) in [4.78, 5) is 6.66. The number of rotatable bonds is 7. The number of aromatic amines is 2. The predicted molar refractivity (Wildman–Crippen MR) is 73.2 cm³/mol. The van der Waals surface area contributed by atoms with Gasteiger partial charge in [0.15, 0.2) is 5.03 Å². The van der Waals surface area contributed by atoms with E-state index in [1.165, 1.54) is 12.5 Å². The van der Waals surface area contributed by atoms with Crippen LogP contribution < -0.4 is 10.0 Å². The lowest BCUT2D eigenvalue weighted by Crippen LogP contribution is -2.27. The molecule has 4 N–H and O–H groups in total. The number of hydrogen-bond acceptors (Lipinski definition) is 5. The van der Waals surface area contributed by atoms with Crippen LogP contribution in [0.4, 0.5) is 0 Å². The van der Waals surface area contributed by atoms with Crippen LogP contribution in [0.2, 0.25) is 0 Å². The van der Waals surface area contributed by atoms with Gasteiger partial charge in [0.05, 0.1) is 19.1 Å². The first kappa shape index (κ1) is 14.7. The molecule has 0 amide bonds. The molecule has 0 bridgehead atoms. The van der Waals surface area contributed by atoms with Crippen molar-refractivity contribution in [3.63, 3.8) is 0 Å². The lowest BCUT2D eigenvalue weighted by atomic mass is 10.3. The Labute approximate surface area is 117 Å². The van der Waals surface area contributed by atoms with Crippen molar-refractivity contribution in [3.05, 3.63) is 30.0 Å². The Kier molecular flexibility index (Phi) is 4.53. The summed E-state index contributed by atoms with van der Waals surface area (Å²) in [5, 5.41) is 9.59. The molecule has 0 radical (unpaired) electrons. The quantitative estimate of drug-likeness (QED) is 0.579. The fraction of sp³-hybridized carbons (Fsp3) is 0.455. The van der Waals surface area contributed by atoms with Crippen molar-refractivity contribution in [2.75, 3.05) is 0 Å². The molecule has 8 nitrogen and oxygen atoms in total. The highest BCUT2D eigenvalue weighted by Gasteiger charge is 2.20. The van der Waals surface area contributed by atoms with Crippen molar-refractivity contribution in [3.8, 4) is 0 Å². The monoisotopic (exact) mass is 298 g/mol. The fourth-order valence-corrected chi connectivity index (χ4v) is 2.73. The number of sulfonamides is 1. The molecule has 0 aliphatic heterocycles. The van der Waals surface area contributed by atoms with Gasteiger partial charge in [-0.15, -0.1) is 0 Å². The molecule has 0 atom stereocenters. The molecule has 0 saturated heterocycles. The van der Waals surface area contributed by atoms with E-state index in [-0.39, 0.29) is 17.6 Å². The molecule has 2 rings (SSSR count). The Morgan fingerprint density at radius 2 is 2.10 bits per heavy atom. The van der Waals surface area contributed by atoms with Gasteiger partial charge in [-0.25, -0.2) is 18.1 Å². The van der Waals surface area contributed by atoms with Crippen LogP contribution in [0.5, 0.6) is 0 Å². The molecule has 2 heterocycles. The Hall–Kier alpha value is -1.71. The van der Waals surface area contributed by atoms with E-state index in [9.17, 15) is 8.42 Å². The van der Waals surface area contributed by atoms with Gasteiger partial charge in [0.2, 0.25) is 0 Å². The molecule has 0 saturated carbocycles. The van der Waals surface area contributed by atoms with E-state index in [0.29, 0.717) is 17.8 Å². The lowest BCUT2D eigenvalue weighted by molar-refractivity contribution is 0.564. The van der Waals surface area contributed by atoms with Gasteiger partial charge in [0.1, 0.15) is 0 Å². The van der Waals surface area contributed by atoms with E-state index in [1.807, 2.05) is 13.8 Å². The number of hydrogen-bond donors (Lipinski definition) is 4. The molecule has 0 fully saturated rings. The maximum Gasteiger partial charge on any atom is 0.258 e. The molecular formula is C11H18N6O2S. The van der Waals surface area contributed by atoms with Gasteiger partial charge in [-0.1, -0.05) is 13.8 Å². The van der Waals surface area contributed by atoms with Crippen LogP contribution in [0, 0.1) is 0 Å². The summed E-state index contributed by atoms with van der Waals surface area (Å²) in [5.41, 5.74) is 1.30. The summed E-state index contributed by atoms with van der Waals surface area (Å²) in [5.74, 6) is 0. The molecule has 0 unspecified atom stereocenters. The first-order valence-corrected chi connectivity index (χ1v) is 7.70. The van der Waals surface area contributed by atoms with Gasteiger partial charge in [-0.3, -0.25) is 5.10 Å². The molecule has 0 aromatic carbocycles. The van der Waals surface area contributed by atoms with Crippen molar-refractivity contribution in [2.24, 2.45) is 0 Å². The van der Waals surface area contributed by atoms with Crippen molar-refractivity contribution in [1.29, 1.82) is 0 Å². The third-order valence-electron chi connectivity index (χ3n) is 2.66. The molecule has 0 aliphatic carbocycles. The van der Waals surface area contributed by atoms with Crippen LogP contribution in [-0.4, -0.2) is 34.6 Å². The van der Waals surface area contributed by atoms with E-state index in [2.05, 4.69) is 30.2 Å². The second kappa shape index (κ2) is 6.16. The molecule has 0 aliphatic rings. The van der Waals surface area contributed by atoms with E-state index >= 15 is 0 Å². The molecular weight excluding hydrogens is 280 g/mol. The summed E-state index contributed by atoms with van der Waals surface area (Å²) >= 11 is 0. The van der Waals surface area contributed by atoms with Gasteiger partial charge >= 0.3 is 0 Å². The SMILES string of the molecule is CC(C)NCc1cn[nH]c1S(=O)(=O)NCc1cnc[nH]1. The Bertz CT molecular complexity index is 632. The number of aromatic nitrogens is 4. The Balaban J connectivity index is 2.07. The highest BCUT2D eigenvalue weighted by atomic mass is 32.2. The van der Waals surface area contributed by atoms with E-state index in [0.717, 1.165) is 0 Å². The van der Waals surface area contributed by atoms with Crippen LogP contribution in [0.1, 0.15) is 25.1 Å². The van der Waals surface area contributed by atoms with Crippen LogP contribution >= 0.6 is 0 Å². The average Bonchev–Trinajstić information content (AvgIpc) is 3.05. The van der Waals surface area contributed by atoms with Crippen LogP contribution in [0.15, 0.2) is 23.7 Å². The normalized spacial score (nSPS) is 12.2. The zero-order valence-corrected chi connectivity index (χ0v) is 12.2. The Morgan fingerprint density at radius 3 is 2.75 bits per heavy atom. The van der Waals surface area contributed by atoms with Crippen LogP contribution in [0.25, 0.3) is 0 Å². The fourth-order valence-electron chi connectivity index (χ4n) is 1.60. The maximum absolute atomic E-state index is 12.2. The molecule has 110 valence electrons. The molecule has 20 heavy (non-hydrogen) atoms. The minimum Gasteiger partial charge on any atom is -0.347 e. The topological polar surface area (TPSA) is 116 Å². The van der Waals surface area contributed by atoms with E-state index in [1.54, 1.807) is 6.20 Å². The summed E-state index contributed by atoms with van der Waals surface area (Å²) in [6.45, 7) is 4.57. The van der Waals surface area contributed by atoms with E-state index in [4.69, 9.17) is 0 Å². The van der Waals surface area contributed by atoms with E-state index < -0.39 is 10.0 Å². The molecule has 0 spiro atoms. The second-order valence-corrected chi connectivity index (χ2v) is 6.37. The molecule has 9 heteroatoms. The second-order valence-electron chi connectivity index (χ2n) is 4.66. The van der Waals surface area contributed by atoms with Crippen molar-refractivity contribution in [1.82, 2.24) is 30.2 Å². The maximum atomic E-state index is 12.2. The highest BCUT2D eigenvalue weighted by Crippen LogP contribution is 2.12. The number of H-pyrrole nitrogens is 2. The zero-order chi connectivity index (χ0) is 14.6. The minimum atomic E-state index is -3.63. The van der Waals surface area contributed by atoms with Crippen LogP contribution in [0.3, 0.4) is 0 Å². The zero-order valence-electron chi connectivity index (χ0n) is 11.3. The molecule has 2 aromatic rings. The summed E-state index contributed by atoms with van der Waals surface area (Å²) in [6.07, 6.45) is 4.58. The van der Waals surface area contributed by atoms with Gasteiger partial charge in [0.25, 0.3) is 10.0 Å². The van der Waals surface area contributed by atoms with Crippen molar-refractivity contribution in [2.45, 2.75) is 38.0 Å². The minimum absolute atomic E-state index is 0.0881. The molecule has 2 aromatic heterocycles. The largest absolute Gasteiger partial charge is 0.347 e. The first-order chi connectivity index (χ1) is 9.49. The lowest BCUT2D eigenvalue weighted by Gasteiger charge is -2.09. The Morgan fingerprint density at radius 1 is 1.30 bits per heavy atom. The smallest absolute Gasteiger partial charge is 0.258 e. The first-order valence-electron chi connectivity index (χ1n) is 6.21. The van der Waals surface area contributed by atoms with Gasteiger partial charge in [-0.2, -0.15) is 5.10 Å². The third-order valence-corrected chi connectivity index (χ3v) is 4.07. The summed E-state index contributed by atoms with van der Waals surface area (Å²) < 4.78 is 26.9. The highest BCUT2D eigenvalue weighted by molar-refractivity contribution is 7.89. The van der Waals surface area contributed by atoms with Gasteiger partial charge in [0, 0.05) is 30.0 Å². The average molecular weight is 298 g/mol. The van der Waals surface area contributed by atoms with Crippen LogP contribution in [-0.2, 0) is 23.1 Å². The van der Waals surface area contributed by atoms with Crippen molar-refractivity contribution < 1.29 is 8.42 Å². The van der Waals surface area contributed by atoms with Crippen molar-refractivity contribution >= 4 is 10.0 Å².